The highest BCUT2D eigenvalue weighted by Gasteiger charge is 2.12. The molecule has 1 amide bonds. The van der Waals surface area contributed by atoms with Gasteiger partial charge in [0.1, 0.15) is 5.56 Å². The van der Waals surface area contributed by atoms with Gasteiger partial charge in [0.25, 0.3) is 11.5 Å². The molecular weight excluding hydrogens is 310 g/mol. The van der Waals surface area contributed by atoms with Crippen LogP contribution in [0.25, 0.3) is 0 Å². The predicted molar refractivity (Wildman–Crippen MR) is 91.1 cm³/mol. The lowest BCUT2D eigenvalue weighted by Crippen LogP contribution is -2.23. The van der Waals surface area contributed by atoms with Crippen molar-refractivity contribution >= 4 is 22.4 Å². The summed E-state index contributed by atoms with van der Waals surface area (Å²) in [6, 6.07) is 13.2. The second-order valence-corrected chi connectivity index (χ2v) is 6.00. The van der Waals surface area contributed by atoms with Crippen LogP contribution in [0, 0.1) is 6.92 Å². The zero-order chi connectivity index (χ0) is 16.2. The molecule has 0 radical (unpaired) electrons. The minimum absolute atomic E-state index is 0.0791. The fourth-order valence-electron chi connectivity index (χ4n) is 2.17. The van der Waals surface area contributed by atoms with E-state index in [1.165, 1.54) is 17.4 Å². The van der Waals surface area contributed by atoms with Crippen molar-refractivity contribution in [3.8, 4) is 0 Å². The molecule has 0 spiro atoms. The Morgan fingerprint density at radius 1 is 1.22 bits per heavy atom. The number of rotatable bonds is 4. The van der Waals surface area contributed by atoms with Gasteiger partial charge in [-0.2, -0.15) is 0 Å². The third-order valence-corrected chi connectivity index (χ3v) is 4.11. The summed E-state index contributed by atoms with van der Waals surface area (Å²) >= 11 is 1.35. The molecule has 23 heavy (non-hydrogen) atoms. The number of hydrogen-bond acceptors (Lipinski definition) is 4. The average molecular weight is 325 g/mol. The van der Waals surface area contributed by atoms with Crippen molar-refractivity contribution in [3.63, 3.8) is 0 Å². The Bertz CT molecular complexity index is 884. The van der Waals surface area contributed by atoms with Gasteiger partial charge in [-0.1, -0.05) is 30.3 Å². The Balaban J connectivity index is 1.71. The zero-order valence-electron chi connectivity index (χ0n) is 12.5. The maximum atomic E-state index is 12.1. The standard InChI is InChI=1S/C17H15N3O2S/c1-11-7-8-14(15(21)18-11)16(22)20-17-19-13(10-23-17)9-12-5-3-2-4-6-12/h2-8,10H,9H2,1H3,(H,18,21)(H,19,20,22). The summed E-state index contributed by atoms with van der Waals surface area (Å²) < 4.78 is 0. The number of thiazole rings is 1. The van der Waals surface area contributed by atoms with Gasteiger partial charge in [0.05, 0.1) is 5.69 Å². The third kappa shape index (κ3) is 3.73. The van der Waals surface area contributed by atoms with Crippen LogP contribution in [-0.2, 0) is 6.42 Å². The number of pyridine rings is 1. The van der Waals surface area contributed by atoms with E-state index < -0.39 is 11.5 Å². The Morgan fingerprint density at radius 3 is 2.74 bits per heavy atom. The van der Waals surface area contributed by atoms with Crippen molar-refractivity contribution in [2.24, 2.45) is 0 Å². The number of benzene rings is 1. The number of aryl methyl sites for hydroxylation is 1. The van der Waals surface area contributed by atoms with E-state index in [1.807, 2.05) is 35.7 Å². The smallest absolute Gasteiger partial charge is 0.263 e. The van der Waals surface area contributed by atoms with Gasteiger partial charge in [0.2, 0.25) is 0 Å². The van der Waals surface area contributed by atoms with Crippen LogP contribution in [0.15, 0.2) is 52.6 Å². The van der Waals surface area contributed by atoms with Gasteiger partial charge in [0, 0.05) is 17.5 Å². The van der Waals surface area contributed by atoms with Crippen LogP contribution in [0.3, 0.4) is 0 Å². The van der Waals surface area contributed by atoms with Crippen LogP contribution in [0.5, 0.6) is 0 Å². The monoisotopic (exact) mass is 325 g/mol. The van der Waals surface area contributed by atoms with Crippen LogP contribution in [0.1, 0.15) is 27.3 Å². The molecule has 2 heterocycles. The fraction of sp³-hybridized carbons (Fsp3) is 0.118. The number of hydrogen-bond donors (Lipinski definition) is 2. The maximum Gasteiger partial charge on any atom is 0.263 e. The van der Waals surface area contributed by atoms with Crippen molar-refractivity contribution < 1.29 is 4.79 Å². The number of amides is 1. The van der Waals surface area contributed by atoms with Crippen molar-refractivity contribution in [2.75, 3.05) is 5.32 Å². The number of nitrogens with zero attached hydrogens (tertiary/aromatic N) is 1. The predicted octanol–water partition coefficient (Wildman–Crippen LogP) is 2.98. The molecule has 3 rings (SSSR count). The van der Waals surface area contributed by atoms with Gasteiger partial charge in [-0.05, 0) is 24.6 Å². The van der Waals surface area contributed by atoms with Crippen LogP contribution in [0.2, 0.25) is 0 Å². The van der Waals surface area contributed by atoms with Crippen molar-refractivity contribution in [1.29, 1.82) is 0 Å². The highest BCUT2D eigenvalue weighted by atomic mass is 32.1. The number of carbonyl (C=O) groups is 1. The van der Waals surface area contributed by atoms with Gasteiger partial charge >= 0.3 is 0 Å². The Labute approximate surface area is 137 Å². The van der Waals surface area contributed by atoms with Crippen LogP contribution >= 0.6 is 11.3 Å². The Kier molecular flexibility index (Phi) is 4.34. The lowest BCUT2D eigenvalue weighted by atomic mass is 10.1. The van der Waals surface area contributed by atoms with E-state index in [0.29, 0.717) is 17.2 Å². The lowest BCUT2D eigenvalue weighted by molar-refractivity contribution is 0.102. The van der Waals surface area contributed by atoms with Gasteiger partial charge in [-0.15, -0.1) is 11.3 Å². The normalized spacial score (nSPS) is 10.5. The van der Waals surface area contributed by atoms with Gasteiger partial charge < -0.3 is 4.98 Å². The average Bonchev–Trinajstić information content (AvgIpc) is 2.95. The van der Waals surface area contributed by atoms with Crippen LogP contribution in [0.4, 0.5) is 5.13 Å². The van der Waals surface area contributed by atoms with Crippen LogP contribution < -0.4 is 10.9 Å². The molecule has 0 aliphatic heterocycles. The largest absolute Gasteiger partial charge is 0.326 e. The van der Waals surface area contributed by atoms with Crippen LogP contribution in [-0.4, -0.2) is 15.9 Å². The molecule has 0 aliphatic carbocycles. The first-order chi connectivity index (χ1) is 11.1. The van der Waals surface area contributed by atoms with Gasteiger partial charge in [-0.3, -0.25) is 14.9 Å². The number of anilines is 1. The topological polar surface area (TPSA) is 74.8 Å². The summed E-state index contributed by atoms with van der Waals surface area (Å²) in [4.78, 5) is 30.9. The number of aromatic amines is 1. The van der Waals surface area contributed by atoms with Crippen molar-refractivity contribution in [1.82, 2.24) is 9.97 Å². The molecule has 2 aromatic heterocycles. The van der Waals surface area contributed by atoms with E-state index in [-0.39, 0.29) is 5.56 Å². The maximum absolute atomic E-state index is 12.1. The molecule has 2 N–H and O–H groups in total. The molecule has 0 aliphatic rings. The van der Waals surface area contributed by atoms with E-state index in [0.717, 1.165) is 11.3 Å². The molecule has 0 saturated carbocycles. The minimum Gasteiger partial charge on any atom is -0.326 e. The Hall–Kier alpha value is -2.73. The first-order valence-corrected chi connectivity index (χ1v) is 7.99. The third-order valence-electron chi connectivity index (χ3n) is 3.30. The second-order valence-electron chi connectivity index (χ2n) is 5.14. The van der Waals surface area contributed by atoms with E-state index >= 15 is 0 Å². The second kappa shape index (κ2) is 6.58. The quantitative estimate of drug-likeness (QED) is 0.774. The van der Waals surface area contributed by atoms with E-state index in [1.54, 1.807) is 13.0 Å². The molecule has 0 fully saturated rings. The SMILES string of the molecule is Cc1ccc(C(=O)Nc2nc(Cc3ccccc3)cs2)c(=O)[nH]1. The number of H-pyrrole nitrogens is 1. The van der Waals surface area contributed by atoms with Crippen molar-refractivity contribution in [3.05, 3.63) is 80.7 Å². The first-order valence-electron chi connectivity index (χ1n) is 7.11. The molecule has 0 saturated heterocycles. The number of carbonyl (C=O) groups excluding carboxylic acids is 1. The highest BCUT2D eigenvalue weighted by Crippen LogP contribution is 2.18. The van der Waals surface area contributed by atoms with E-state index in [2.05, 4.69) is 15.3 Å². The number of nitrogens with one attached hydrogen (secondary N) is 2. The molecule has 116 valence electrons. The zero-order valence-corrected chi connectivity index (χ0v) is 13.3. The molecule has 5 nitrogen and oxygen atoms in total. The van der Waals surface area contributed by atoms with Gasteiger partial charge in [-0.25, -0.2) is 4.98 Å². The fourth-order valence-corrected chi connectivity index (χ4v) is 2.87. The minimum atomic E-state index is -0.452. The summed E-state index contributed by atoms with van der Waals surface area (Å²) in [6.07, 6.45) is 0.707. The molecule has 0 unspecified atom stereocenters. The Morgan fingerprint density at radius 2 is 2.00 bits per heavy atom. The molecule has 6 heteroatoms. The lowest BCUT2D eigenvalue weighted by Gasteiger charge is -2.01. The van der Waals surface area contributed by atoms with E-state index in [9.17, 15) is 9.59 Å². The van der Waals surface area contributed by atoms with Crippen molar-refractivity contribution in [2.45, 2.75) is 13.3 Å². The van der Waals surface area contributed by atoms with Gasteiger partial charge in [0.15, 0.2) is 5.13 Å². The summed E-state index contributed by atoms with van der Waals surface area (Å²) in [6.45, 7) is 1.76. The highest BCUT2D eigenvalue weighted by molar-refractivity contribution is 7.14. The molecule has 1 aromatic carbocycles. The molecule has 3 aromatic rings. The molecule has 0 bridgehead atoms. The summed E-state index contributed by atoms with van der Waals surface area (Å²) in [5, 5.41) is 5.06. The molecular formula is C17H15N3O2S. The van der Waals surface area contributed by atoms with E-state index in [4.69, 9.17) is 0 Å². The summed E-state index contributed by atoms with van der Waals surface area (Å²) in [5.74, 6) is -0.452. The first kappa shape index (κ1) is 15.2. The summed E-state index contributed by atoms with van der Waals surface area (Å²) in [5.41, 5.74) is 2.44. The summed E-state index contributed by atoms with van der Waals surface area (Å²) in [7, 11) is 0. The number of aromatic nitrogens is 2. The molecule has 0 atom stereocenters.